The second-order valence-electron chi connectivity index (χ2n) is 5.56. The van der Waals surface area contributed by atoms with Gasteiger partial charge in [-0.05, 0) is 31.2 Å². The molecular formula is C17H16F3N3O2S. The highest BCUT2D eigenvalue weighted by atomic mass is 32.2. The van der Waals surface area contributed by atoms with Crippen LogP contribution in [0.4, 0.5) is 30.2 Å². The average Bonchev–Trinajstić information content (AvgIpc) is 2.76. The van der Waals surface area contributed by atoms with E-state index in [4.69, 9.17) is 0 Å². The number of para-hydroxylation sites is 1. The Bertz CT molecular complexity index is 884. The molecule has 0 bridgehead atoms. The summed E-state index contributed by atoms with van der Waals surface area (Å²) in [7, 11) is 1.87. The lowest BCUT2D eigenvalue weighted by Crippen LogP contribution is -2.27. The van der Waals surface area contributed by atoms with Crippen molar-refractivity contribution in [1.29, 1.82) is 0 Å². The van der Waals surface area contributed by atoms with Gasteiger partial charge >= 0.3 is 16.6 Å². The number of hydrogen-bond acceptors (Lipinski definition) is 5. The Morgan fingerprint density at radius 1 is 1.19 bits per heavy atom. The van der Waals surface area contributed by atoms with Gasteiger partial charge in [-0.2, -0.15) is 13.2 Å². The van der Waals surface area contributed by atoms with Gasteiger partial charge in [0.2, 0.25) is 0 Å². The maximum atomic E-state index is 12.5. The van der Waals surface area contributed by atoms with Gasteiger partial charge in [-0.15, -0.1) is 0 Å². The molecule has 1 atom stereocenters. The Hall–Kier alpha value is -2.55. The van der Waals surface area contributed by atoms with E-state index in [-0.39, 0.29) is 5.75 Å². The number of alkyl halides is 3. The molecule has 138 valence electrons. The van der Waals surface area contributed by atoms with E-state index in [0.717, 1.165) is 11.3 Å². The number of aliphatic imine (C=N–C) groups is 1. The minimum atomic E-state index is -4.95. The number of halogens is 3. The first-order chi connectivity index (χ1) is 12.3. The fourth-order valence-corrected chi connectivity index (χ4v) is 2.82. The predicted octanol–water partition coefficient (Wildman–Crippen LogP) is 4.34. The molecular weight excluding hydrogens is 367 g/mol. The first-order valence-electron chi connectivity index (χ1n) is 7.77. The molecule has 0 amide bonds. The van der Waals surface area contributed by atoms with Crippen molar-refractivity contribution in [3.05, 3.63) is 48.0 Å². The Labute approximate surface area is 151 Å². The molecule has 1 unspecified atom stereocenters. The van der Waals surface area contributed by atoms with Crippen LogP contribution >= 0.6 is 0 Å². The van der Waals surface area contributed by atoms with E-state index in [1.807, 2.05) is 43.1 Å². The van der Waals surface area contributed by atoms with Crippen LogP contribution in [-0.4, -0.2) is 34.0 Å². The summed E-state index contributed by atoms with van der Waals surface area (Å²) in [4.78, 5) is 6.53. The van der Waals surface area contributed by atoms with Crippen LogP contribution in [0, 0.1) is 0 Å². The summed E-state index contributed by atoms with van der Waals surface area (Å²) in [5.41, 5.74) is -2.24. The predicted molar refractivity (Wildman–Crippen MR) is 95.5 cm³/mol. The lowest BCUT2D eigenvalue weighted by atomic mass is 10.1. The van der Waals surface area contributed by atoms with Crippen LogP contribution in [0.3, 0.4) is 0 Å². The number of hydrogen-bond donors (Lipinski definition) is 1. The molecule has 0 saturated carbocycles. The van der Waals surface area contributed by atoms with Gasteiger partial charge in [0.05, 0.1) is 11.4 Å². The van der Waals surface area contributed by atoms with Crippen LogP contribution in [0.1, 0.15) is 12.5 Å². The zero-order valence-corrected chi connectivity index (χ0v) is 14.8. The van der Waals surface area contributed by atoms with Gasteiger partial charge in [0.1, 0.15) is 11.6 Å². The molecule has 0 saturated heterocycles. The van der Waals surface area contributed by atoms with E-state index in [1.54, 1.807) is 6.07 Å². The smallest absolute Gasteiger partial charge is 0.394 e. The standard InChI is InChI=1S/C17H16F3N3O2S/c1-3-23(2)16-12-6-4-5-7-13(12)21-14-9-8-11(10-15(14)22-16)25-26(24)17(18,19)20/h4-10,21H,3H2,1-2H3. The SMILES string of the molecule is CCN(C)C1=Nc2cc(OS(=O)C(F)(F)F)ccc2Nc2ccccc21. The molecule has 26 heavy (non-hydrogen) atoms. The number of fused-ring (bicyclic) bond motifs is 2. The zero-order valence-electron chi connectivity index (χ0n) is 14.0. The van der Waals surface area contributed by atoms with Crippen molar-refractivity contribution in [2.24, 2.45) is 4.99 Å². The van der Waals surface area contributed by atoms with Crippen molar-refractivity contribution < 1.29 is 21.6 Å². The van der Waals surface area contributed by atoms with Crippen LogP contribution in [0.25, 0.3) is 0 Å². The molecule has 3 rings (SSSR count). The third-order valence-corrected chi connectivity index (χ3v) is 4.55. The van der Waals surface area contributed by atoms with E-state index in [9.17, 15) is 17.4 Å². The largest absolute Gasteiger partial charge is 0.508 e. The number of nitrogens with one attached hydrogen (secondary N) is 1. The van der Waals surface area contributed by atoms with Crippen LogP contribution in [0.15, 0.2) is 47.5 Å². The highest BCUT2D eigenvalue weighted by Gasteiger charge is 2.40. The summed E-state index contributed by atoms with van der Waals surface area (Å²) in [6, 6.07) is 11.8. The summed E-state index contributed by atoms with van der Waals surface area (Å²) >= 11 is -3.43. The van der Waals surface area contributed by atoms with E-state index >= 15 is 0 Å². The topological polar surface area (TPSA) is 53.9 Å². The second kappa shape index (κ2) is 6.99. The Kier molecular flexibility index (Phi) is 4.90. The average molecular weight is 383 g/mol. The monoisotopic (exact) mass is 383 g/mol. The minimum absolute atomic E-state index is 0.172. The van der Waals surface area contributed by atoms with Crippen LogP contribution in [0.5, 0.6) is 5.75 Å². The molecule has 5 nitrogen and oxygen atoms in total. The lowest BCUT2D eigenvalue weighted by molar-refractivity contribution is -0.0437. The van der Waals surface area contributed by atoms with Crippen molar-refractivity contribution in [2.45, 2.75) is 12.4 Å². The van der Waals surface area contributed by atoms with Crippen LogP contribution in [-0.2, 0) is 11.1 Å². The van der Waals surface area contributed by atoms with E-state index < -0.39 is 16.6 Å². The zero-order chi connectivity index (χ0) is 18.9. The Morgan fingerprint density at radius 3 is 2.62 bits per heavy atom. The van der Waals surface area contributed by atoms with Crippen molar-refractivity contribution in [3.8, 4) is 5.75 Å². The molecule has 0 spiro atoms. The van der Waals surface area contributed by atoms with Gasteiger partial charge in [0.25, 0.3) is 0 Å². The maximum absolute atomic E-state index is 12.5. The number of rotatable bonds is 3. The first-order valence-corrected chi connectivity index (χ1v) is 8.84. The summed E-state index contributed by atoms with van der Waals surface area (Å²) in [6.07, 6.45) is 0. The van der Waals surface area contributed by atoms with Gasteiger partial charge < -0.3 is 14.4 Å². The fourth-order valence-electron chi connectivity index (χ4n) is 2.44. The maximum Gasteiger partial charge on any atom is 0.508 e. The molecule has 2 aromatic rings. The third-order valence-electron chi connectivity index (χ3n) is 3.83. The quantitative estimate of drug-likeness (QED) is 0.857. The van der Waals surface area contributed by atoms with Crippen LogP contribution < -0.4 is 9.50 Å². The molecule has 1 aliphatic heterocycles. The number of amidine groups is 1. The molecule has 0 fully saturated rings. The van der Waals surface area contributed by atoms with E-state index in [0.29, 0.717) is 23.8 Å². The summed E-state index contributed by atoms with van der Waals surface area (Å²) < 4.78 is 53.1. The van der Waals surface area contributed by atoms with Gasteiger partial charge in [0, 0.05) is 30.9 Å². The second-order valence-corrected chi connectivity index (χ2v) is 6.66. The number of nitrogens with zero attached hydrogens (tertiary/aromatic N) is 2. The van der Waals surface area contributed by atoms with Gasteiger partial charge in [-0.25, -0.2) is 9.20 Å². The first kappa shape index (κ1) is 18.2. The van der Waals surface area contributed by atoms with E-state index in [2.05, 4.69) is 14.5 Å². The summed E-state index contributed by atoms with van der Waals surface area (Å²) in [6.45, 7) is 2.66. The van der Waals surface area contributed by atoms with Crippen molar-refractivity contribution in [1.82, 2.24) is 4.90 Å². The molecule has 0 aromatic heterocycles. The highest BCUT2D eigenvalue weighted by molar-refractivity contribution is 7.81. The van der Waals surface area contributed by atoms with Crippen molar-refractivity contribution in [2.75, 3.05) is 18.9 Å². The van der Waals surface area contributed by atoms with Gasteiger partial charge in [0.15, 0.2) is 0 Å². The van der Waals surface area contributed by atoms with Gasteiger partial charge in [-0.1, -0.05) is 12.1 Å². The molecule has 2 aromatic carbocycles. The fraction of sp³-hybridized carbons (Fsp3) is 0.235. The number of benzene rings is 2. The summed E-state index contributed by atoms with van der Waals surface area (Å²) in [5, 5.41) is 3.23. The van der Waals surface area contributed by atoms with Crippen molar-refractivity contribution >= 4 is 34.0 Å². The molecule has 1 heterocycles. The molecule has 0 radical (unpaired) electrons. The van der Waals surface area contributed by atoms with Crippen molar-refractivity contribution in [3.63, 3.8) is 0 Å². The number of anilines is 2. The Balaban J connectivity index is 2.05. The van der Waals surface area contributed by atoms with Crippen LogP contribution in [0.2, 0.25) is 0 Å². The van der Waals surface area contributed by atoms with E-state index in [1.165, 1.54) is 12.1 Å². The molecule has 0 aliphatic carbocycles. The highest BCUT2D eigenvalue weighted by Crippen LogP contribution is 2.37. The lowest BCUT2D eigenvalue weighted by Gasteiger charge is -2.20. The Morgan fingerprint density at radius 2 is 1.92 bits per heavy atom. The normalized spacial score (nSPS) is 14.3. The summed E-state index contributed by atoms with van der Waals surface area (Å²) in [5.74, 6) is 0.498. The third kappa shape index (κ3) is 3.67. The molecule has 1 aliphatic rings. The molecule has 1 N–H and O–H groups in total. The minimum Gasteiger partial charge on any atom is -0.394 e. The van der Waals surface area contributed by atoms with Gasteiger partial charge in [-0.3, -0.25) is 0 Å². The molecule has 9 heteroatoms.